The van der Waals surface area contributed by atoms with Gasteiger partial charge in [0, 0.05) is 11.1 Å². The van der Waals surface area contributed by atoms with E-state index in [0.29, 0.717) is 0 Å². The van der Waals surface area contributed by atoms with Crippen molar-refractivity contribution >= 4 is 0 Å². The second-order valence-electron chi connectivity index (χ2n) is 4.37. The third kappa shape index (κ3) is 1.40. The van der Waals surface area contributed by atoms with Crippen molar-refractivity contribution in [1.82, 2.24) is 0 Å². The molecular formula is C12H17NO. The molecule has 0 saturated heterocycles. The molecule has 76 valence electrons. The summed E-state index contributed by atoms with van der Waals surface area (Å²) in [4.78, 5) is 0. The highest BCUT2D eigenvalue weighted by atomic mass is 16.5. The second-order valence-corrected chi connectivity index (χ2v) is 4.37. The molecule has 0 amide bonds. The van der Waals surface area contributed by atoms with Crippen molar-refractivity contribution in [3.63, 3.8) is 0 Å². The minimum Gasteiger partial charge on any atom is -0.496 e. The molecule has 0 heterocycles. The maximum absolute atomic E-state index is 6.31. The number of hydrogen-bond donors (Lipinski definition) is 1. The molecule has 1 aromatic rings. The van der Waals surface area contributed by atoms with E-state index >= 15 is 0 Å². The molecule has 0 aliphatic heterocycles. The van der Waals surface area contributed by atoms with E-state index < -0.39 is 0 Å². The Bertz CT molecular complexity index is 329. The molecule has 0 radical (unpaired) electrons. The summed E-state index contributed by atoms with van der Waals surface area (Å²) in [6.45, 7) is 2.24. The topological polar surface area (TPSA) is 35.2 Å². The smallest absolute Gasteiger partial charge is 0.123 e. The van der Waals surface area contributed by atoms with Gasteiger partial charge in [0.2, 0.25) is 0 Å². The standard InChI is InChI=1S/C12H17NO/c1-9-7-12(13,8-9)10-5-3-4-6-11(10)14-2/h3-6,9H,7-8,13H2,1-2H3. The van der Waals surface area contributed by atoms with Gasteiger partial charge in [-0.05, 0) is 24.8 Å². The minimum atomic E-state index is -0.147. The van der Waals surface area contributed by atoms with Gasteiger partial charge in [-0.25, -0.2) is 0 Å². The average molecular weight is 191 g/mol. The highest BCUT2D eigenvalue weighted by Gasteiger charge is 2.41. The molecule has 2 heteroatoms. The number of hydrogen-bond acceptors (Lipinski definition) is 2. The summed E-state index contributed by atoms with van der Waals surface area (Å²) in [5.41, 5.74) is 7.32. The van der Waals surface area contributed by atoms with E-state index in [1.807, 2.05) is 18.2 Å². The molecule has 0 unspecified atom stereocenters. The summed E-state index contributed by atoms with van der Waals surface area (Å²) < 4.78 is 5.32. The molecule has 2 N–H and O–H groups in total. The van der Waals surface area contributed by atoms with Crippen LogP contribution in [0.2, 0.25) is 0 Å². The predicted octanol–water partition coefficient (Wildman–Crippen LogP) is 2.28. The van der Waals surface area contributed by atoms with Crippen molar-refractivity contribution in [2.75, 3.05) is 7.11 Å². The first-order valence-corrected chi connectivity index (χ1v) is 5.08. The van der Waals surface area contributed by atoms with E-state index in [-0.39, 0.29) is 5.54 Å². The molecule has 0 bridgehead atoms. The van der Waals surface area contributed by atoms with Crippen LogP contribution in [0.5, 0.6) is 5.75 Å². The zero-order chi connectivity index (χ0) is 10.2. The Morgan fingerprint density at radius 3 is 2.57 bits per heavy atom. The van der Waals surface area contributed by atoms with Gasteiger partial charge in [0.05, 0.1) is 7.11 Å². The number of nitrogens with two attached hydrogens (primary N) is 1. The predicted molar refractivity (Wildman–Crippen MR) is 57.3 cm³/mol. The van der Waals surface area contributed by atoms with Gasteiger partial charge in [-0.3, -0.25) is 0 Å². The summed E-state index contributed by atoms with van der Waals surface area (Å²) >= 11 is 0. The highest BCUT2D eigenvalue weighted by molar-refractivity contribution is 5.40. The molecular weight excluding hydrogens is 174 g/mol. The molecule has 0 aromatic heterocycles. The van der Waals surface area contributed by atoms with E-state index in [9.17, 15) is 0 Å². The molecule has 1 fully saturated rings. The third-order valence-electron chi connectivity index (χ3n) is 3.07. The van der Waals surface area contributed by atoms with Crippen LogP contribution in [0.4, 0.5) is 0 Å². The minimum absolute atomic E-state index is 0.147. The van der Waals surface area contributed by atoms with Crippen LogP contribution in [0.3, 0.4) is 0 Å². The lowest BCUT2D eigenvalue weighted by Gasteiger charge is -2.44. The maximum Gasteiger partial charge on any atom is 0.123 e. The van der Waals surface area contributed by atoms with Crippen LogP contribution in [-0.4, -0.2) is 7.11 Å². The normalized spacial score (nSPS) is 30.9. The van der Waals surface area contributed by atoms with E-state index in [1.165, 1.54) is 0 Å². The Morgan fingerprint density at radius 2 is 2.00 bits per heavy atom. The van der Waals surface area contributed by atoms with Crippen molar-refractivity contribution in [2.45, 2.75) is 25.3 Å². The Kier molecular flexibility index (Phi) is 2.23. The van der Waals surface area contributed by atoms with Crippen molar-refractivity contribution in [3.8, 4) is 5.75 Å². The molecule has 2 rings (SSSR count). The van der Waals surface area contributed by atoms with Gasteiger partial charge in [0.25, 0.3) is 0 Å². The van der Waals surface area contributed by atoms with Gasteiger partial charge >= 0.3 is 0 Å². The van der Waals surface area contributed by atoms with Gasteiger partial charge in [0.1, 0.15) is 5.75 Å². The van der Waals surface area contributed by atoms with Crippen molar-refractivity contribution < 1.29 is 4.74 Å². The van der Waals surface area contributed by atoms with Gasteiger partial charge in [-0.2, -0.15) is 0 Å². The molecule has 0 spiro atoms. The summed E-state index contributed by atoms with van der Waals surface area (Å²) in [5.74, 6) is 1.66. The zero-order valence-corrected chi connectivity index (χ0v) is 8.79. The Hall–Kier alpha value is -1.02. The monoisotopic (exact) mass is 191 g/mol. The van der Waals surface area contributed by atoms with Crippen LogP contribution in [0, 0.1) is 5.92 Å². The van der Waals surface area contributed by atoms with Crippen LogP contribution < -0.4 is 10.5 Å². The van der Waals surface area contributed by atoms with E-state index in [1.54, 1.807) is 7.11 Å². The van der Waals surface area contributed by atoms with Gasteiger partial charge < -0.3 is 10.5 Å². The van der Waals surface area contributed by atoms with Crippen LogP contribution in [0.15, 0.2) is 24.3 Å². The van der Waals surface area contributed by atoms with Crippen LogP contribution in [0.1, 0.15) is 25.3 Å². The van der Waals surface area contributed by atoms with E-state index in [4.69, 9.17) is 10.5 Å². The molecule has 2 nitrogen and oxygen atoms in total. The highest BCUT2D eigenvalue weighted by Crippen LogP contribution is 2.45. The Balaban J connectivity index is 2.32. The lowest BCUT2D eigenvalue weighted by atomic mass is 9.66. The van der Waals surface area contributed by atoms with Gasteiger partial charge in [-0.1, -0.05) is 25.1 Å². The number of benzene rings is 1. The van der Waals surface area contributed by atoms with Crippen LogP contribution >= 0.6 is 0 Å². The van der Waals surface area contributed by atoms with Crippen LogP contribution in [0.25, 0.3) is 0 Å². The van der Waals surface area contributed by atoms with E-state index in [2.05, 4.69) is 13.0 Å². The first-order valence-electron chi connectivity index (χ1n) is 5.08. The van der Waals surface area contributed by atoms with E-state index in [0.717, 1.165) is 30.1 Å². The molecule has 1 saturated carbocycles. The molecule has 1 aromatic carbocycles. The summed E-state index contributed by atoms with van der Waals surface area (Å²) in [5, 5.41) is 0. The van der Waals surface area contributed by atoms with Crippen molar-refractivity contribution in [3.05, 3.63) is 29.8 Å². The quantitative estimate of drug-likeness (QED) is 0.778. The summed E-state index contributed by atoms with van der Waals surface area (Å²) in [6, 6.07) is 8.06. The Morgan fingerprint density at radius 1 is 1.36 bits per heavy atom. The first-order chi connectivity index (χ1) is 6.65. The second kappa shape index (κ2) is 3.28. The average Bonchev–Trinajstić information content (AvgIpc) is 2.15. The van der Waals surface area contributed by atoms with Crippen LogP contribution in [-0.2, 0) is 5.54 Å². The molecule has 0 atom stereocenters. The third-order valence-corrected chi connectivity index (χ3v) is 3.07. The first kappa shape index (κ1) is 9.53. The SMILES string of the molecule is COc1ccccc1C1(N)CC(C)C1. The fourth-order valence-corrected chi connectivity index (χ4v) is 2.46. The largest absolute Gasteiger partial charge is 0.496 e. The molecule has 14 heavy (non-hydrogen) atoms. The van der Waals surface area contributed by atoms with Crippen molar-refractivity contribution in [1.29, 1.82) is 0 Å². The van der Waals surface area contributed by atoms with Crippen molar-refractivity contribution in [2.24, 2.45) is 11.7 Å². The van der Waals surface area contributed by atoms with Gasteiger partial charge in [0.15, 0.2) is 0 Å². The fourth-order valence-electron chi connectivity index (χ4n) is 2.46. The Labute approximate surface area is 85.1 Å². The fraction of sp³-hybridized carbons (Fsp3) is 0.500. The number of para-hydroxylation sites is 1. The zero-order valence-electron chi connectivity index (χ0n) is 8.79. The summed E-state index contributed by atoms with van der Waals surface area (Å²) in [6.07, 6.45) is 2.13. The lowest BCUT2D eigenvalue weighted by molar-refractivity contribution is 0.159. The summed E-state index contributed by atoms with van der Waals surface area (Å²) in [7, 11) is 1.70. The number of rotatable bonds is 2. The lowest BCUT2D eigenvalue weighted by Crippen LogP contribution is -2.48. The maximum atomic E-state index is 6.31. The molecule has 1 aliphatic rings. The number of ether oxygens (including phenoxy) is 1. The number of methoxy groups -OCH3 is 1. The van der Waals surface area contributed by atoms with Gasteiger partial charge in [-0.15, -0.1) is 0 Å². The molecule has 1 aliphatic carbocycles.